The number of nitriles is 1. The van der Waals surface area contributed by atoms with Crippen molar-refractivity contribution in [3.05, 3.63) is 63.9 Å². The summed E-state index contributed by atoms with van der Waals surface area (Å²) < 4.78 is 19.2. The number of carbonyl (C=O) groups excluding carboxylic acids is 1. The minimum Gasteiger partial charge on any atom is -0.497 e. The first kappa shape index (κ1) is 15.3. The van der Waals surface area contributed by atoms with Gasteiger partial charge in [0.15, 0.2) is 0 Å². The summed E-state index contributed by atoms with van der Waals surface area (Å²) >= 11 is 5.84. The molecule has 0 aromatic heterocycles. The minimum atomic E-state index is -0.849. The molecule has 0 radical (unpaired) electrons. The number of benzene rings is 2. The number of fused-ring (bicyclic) bond motifs is 1. The lowest BCUT2D eigenvalue weighted by atomic mass is 10.0. The summed E-state index contributed by atoms with van der Waals surface area (Å²) in [6.45, 7) is 0.199. The molecule has 6 heteroatoms. The largest absolute Gasteiger partial charge is 0.497 e. The molecule has 1 unspecified atom stereocenters. The second-order valence-electron chi connectivity index (χ2n) is 5.16. The van der Waals surface area contributed by atoms with Gasteiger partial charge in [0.2, 0.25) is 0 Å². The number of halogens is 2. The number of hydrogen-bond acceptors (Lipinski definition) is 3. The Bertz CT molecular complexity index is 815. The Morgan fingerprint density at radius 3 is 2.65 bits per heavy atom. The molecule has 23 heavy (non-hydrogen) atoms. The van der Waals surface area contributed by atoms with Crippen molar-refractivity contribution in [3.63, 3.8) is 0 Å². The highest BCUT2D eigenvalue weighted by Gasteiger charge is 2.39. The predicted molar refractivity (Wildman–Crippen MR) is 82.6 cm³/mol. The number of rotatable bonds is 3. The van der Waals surface area contributed by atoms with Crippen LogP contribution in [0.15, 0.2) is 36.4 Å². The van der Waals surface area contributed by atoms with E-state index in [9.17, 15) is 14.4 Å². The Labute approximate surface area is 137 Å². The average molecular weight is 331 g/mol. The summed E-state index contributed by atoms with van der Waals surface area (Å²) in [4.78, 5) is 13.9. The number of amides is 1. The summed E-state index contributed by atoms with van der Waals surface area (Å²) in [5, 5.41) is 10.0. The maximum atomic E-state index is 14.2. The van der Waals surface area contributed by atoms with Gasteiger partial charge in [-0.2, -0.15) is 5.26 Å². The minimum absolute atomic E-state index is 0.0636. The van der Waals surface area contributed by atoms with Crippen LogP contribution >= 0.6 is 11.6 Å². The van der Waals surface area contributed by atoms with Gasteiger partial charge in [-0.15, -0.1) is 0 Å². The van der Waals surface area contributed by atoms with Gasteiger partial charge in [-0.3, -0.25) is 4.79 Å². The molecule has 116 valence electrons. The molecule has 0 N–H and O–H groups in total. The summed E-state index contributed by atoms with van der Waals surface area (Å²) in [7, 11) is 1.41. The summed E-state index contributed by atoms with van der Waals surface area (Å²) in [5.41, 5.74) is 1.08. The molecule has 2 aromatic rings. The topological polar surface area (TPSA) is 53.3 Å². The van der Waals surface area contributed by atoms with Gasteiger partial charge in [0.25, 0.3) is 5.91 Å². The molecule has 1 heterocycles. The molecular formula is C17H12ClFN2O2. The molecule has 1 aliphatic rings. The standard InChI is InChI=1S/C17H12ClFN2O2/c1-23-12-6-13-15(8-20)21(17(22)16(13)14(19)7-12)9-10-2-4-11(18)5-3-10/h2-7,15H,9H2,1H3. The Balaban J connectivity index is 2.00. The second kappa shape index (κ2) is 5.90. The van der Waals surface area contributed by atoms with Crippen LogP contribution in [0.3, 0.4) is 0 Å². The van der Waals surface area contributed by atoms with Gasteiger partial charge in [-0.1, -0.05) is 23.7 Å². The first-order valence-corrected chi connectivity index (χ1v) is 7.25. The van der Waals surface area contributed by atoms with Gasteiger partial charge >= 0.3 is 0 Å². The van der Waals surface area contributed by atoms with Crippen LogP contribution in [-0.2, 0) is 6.54 Å². The zero-order valence-electron chi connectivity index (χ0n) is 12.2. The molecule has 0 bridgehead atoms. The van der Waals surface area contributed by atoms with E-state index >= 15 is 0 Å². The van der Waals surface area contributed by atoms with Gasteiger partial charge in [0.1, 0.15) is 17.6 Å². The molecular weight excluding hydrogens is 319 g/mol. The molecule has 0 saturated carbocycles. The second-order valence-corrected chi connectivity index (χ2v) is 5.60. The van der Waals surface area contributed by atoms with Crippen LogP contribution in [0.2, 0.25) is 5.02 Å². The van der Waals surface area contributed by atoms with Gasteiger partial charge in [-0.05, 0) is 23.8 Å². The van der Waals surface area contributed by atoms with E-state index in [2.05, 4.69) is 6.07 Å². The Morgan fingerprint density at radius 2 is 2.04 bits per heavy atom. The van der Waals surface area contributed by atoms with Crippen molar-refractivity contribution in [3.8, 4) is 11.8 Å². The lowest BCUT2D eigenvalue weighted by molar-refractivity contribution is 0.0741. The molecule has 3 rings (SSSR count). The summed E-state index contributed by atoms with van der Waals surface area (Å²) in [6.07, 6.45) is 0. The highest BCUT2D eigenvalue weighted by atomic mass is 35.5. The fourth-order valence-corrected chi connectivity index (χ4v) is 2.80. The number of hydrogen-bond donors (Lipinski definition) is 0. The molecule has 1 amide bonds. The van der Waals surface area contributed by atoms with E-state index in [4.69, 9.17) is 16.3 Å². The van der Waals surface area contributed by atoms with E-state index in [1.165, 1.54) is 18.1 Å². The lowest BCUT2D eigenvalue weighted by Gasteiger charge is -2.20. The van der Waals surface area contributed by atoms with Crippen molar-refractivity contribution in [1.29, 1.82) is 5.26 Å². The first-order chi connectivity index (χ1) is 11.0. The van der Waals surface area contributed by atoms with Crippen molar-refractivity contribution in [2.24, 2.45) is 0 Å². The maximum Gasteiger partial charge on any atom is 0.258 e. The van der Waals surface area contributed by atoms with E-state index in [-0.39, 0.29) is 17.9 Å². The smallest absolute Gasteiger partial charge is 0.258 e. The van der Waals surface area contributed by atoms with Crippen LogP contribution in [0.25, 0.3) is 0 Å². The van der Waals surface area contributed by atoms with Crippen molar-refractivity contribution in [2.45, 2.75) is 12.6 Å². The van der Waals surface area contributed by atoms with Gasteiger partial charge in [0.05, 0.1) is 18.7 Å². The van der Waals surface area contributed by atoms with E-state index in [0.717, 1.165) is 11.6 Å². The molecule has 0 spiro atoms. The van der Waals surface area contributed by atoms with Crippen molar-refractivity contribution in [1.82, 2.24) is 4.90 Å². The normalized spacial score (nSPS) is 16.2. The molecule has 0 fully saturated rings. The van der Waals surface area contributed by atoms with E-state index in [1.54, 1.807) is 24.3 Å². The average Bonchev–Trinajstić information content (AvgIpc) is 2.81. The fraction of sp³-hybridized carbons (Fsp3) is 0.176. The Morgan fingerprint density at radius 1 is 1.35 bits per heavy atom. The Kier molecular flexibility index (Phi) is 3.93. The highest BCUT2D eigenvalue weighted by Crippen LogP contribution is 2.38. The van der Waals surface area contributed by atoms with Gasteiger partial charge < -0.3 is 9.64 Å². The van der Waals surface area contributed by atoms with Crippen molar-refractivity contribution in [2.75, 3.05) is 7.11 Å². The quantitative estimate of drug-likeness (QED) is 0.862. The summed E-state index contributed by atoms with van der Waals surface area (Å²) in [5.74, 6) is -0.896. The molecule has 2 aromatic carbocycles. The first-order valence-electron chi connectivity index (χ1n) is 6.87. The number of carbonyl (C=O) groups is 1. The highest BCUT2D eigenvalue weighted by molar-refractivity contribution is 6.30. The molecule has 1 aliphatic heterocycles. The van der Waals surface area contributed by atoms with Crippen molar-refractivity contribution >= 4 is 17.5 Å². The number of nitrogens with zero attached hydrogens (tertiary/aromatic N) is 2. The maximum absolute atomic E-state index is 14.2. The molecule has 0 saturated heterocycles. The zero-order valence-corrected chi connectivity index (χ0v) is 13.0. The van der Waals surface area contributed by atoms with E-state index < -0.39 is 17.8 Å². The third-order valence-corrected chi connectivity index (χ3v) is 4.05. The van der Waals surface area contributed by atoms with Crippen LogP contribution in [-0.4, -0.2) is 17.9 Å². The third-order valence-electron chi connectivity index (χ3n) is 3.80. The van der Waals surface area contributed by atoms with Crippen LogP contribution in [0.5, 0.6) is 5.75 Å². The van der Waals surface area contributed by atoms with Crippen LogP contribution in [0.1, 0.15) is 27.5 Å². The molecule has 1 atom stereocenters. The van der Waals surface area contributed by atoms with Gasteiger partial charge in [-0.25, -0.2) is 4.39 Å². The van der Waals surface area contributed by atoms with Crippen LogP contribution in [0.4, 0.5) is 4.39 Å². The summed E-state index contributed by atoms with van der Waals surface area (Å²) in [6, 6.07) is 10.8. The monoisotopic (exact) mass is 330 g/mol. The number of methoxy groups -OCH3 is 1. The predicted octanol–water partition coefficient (Wildman–Crippen LogP) is 3.71. The van der Waals surface area contributed by atoms with Gasteiger partial charge in [0, 0.05) is 23.2 Å². The fourth-order valence-electron chi connectivity index (χ4n) is 2.68. The number of ether oxygens (including phenoxy) is 1. The SMILES string of the molecule is COc1cc(F)c2c(c1)C(C#N)N(Cc1ccc(Cl)cc1)C2=O. The van der Waals surface area contributed by atoms with E-state index in [1.807, 2.05) is 0 Å². The van der Waals surface area contributed by atoms with Crippen LogP contribution in [0, 0.1) is 17.1 Å². The third kappa shape index (κ3) is 2.62. The Hall–Kier alpha value is -2.58. The van der Waals surface area contributed by atoms with E-state index in [0.29, 0.717) is 10.6 Å². The molecule has 0 aliphatic carbocycles. The molecule has 4 nitrogen and oxygen atoms in total. The van der Waals surface area contributed by atoms with Crippen LogP contribution < -0.4 is 4.74 Å². The lowest BCUT2D eigenvalue weighted by Crippen LogP contribution is -2.27. The zero-order chi connectivity index (χ0) is 16.6. The van der Waals surface area contributed by atoms with Crippen molar-refractivity contribution < 1.29 is 13.9 Å².